The monoisotopic (exact) mass is 342 g/mol. The van der Waals surface area contributed by atoms with Crippen molar-refractivity contribution in [3.05, 3.63) is 29.1 Å². The van der Waals surface area contributed by atoms with Crippen LogP contribution in [0.1, 0.15) is 36.2 Å². The maximum atomic E-state index is 13.6. The molecule has 0 aliphatic rings. The van der Waals surface area contributed by atoms with Gasteiger partial charge in [0.25, 0.3) is 5.91 Å². The first kappa shape index (κ1) is 19.4. The molecule has 128 valence electrons. The van der Waals surface area contributed by atoms with Gasteiger partial charge >= 0.3 is 5.97 Å². The van der Waals surface area contributed by atoms with Crippen LogP contribution >= 0.6 is 0 Å². The van der Waals surface area contributed by atoms with Crippen LogP contribution in [0.3, 0.4) is 0 Å². The number of likely N-dealkylation sites (N-methyl/N-ethyl adjacent to an activating group) is 1. The maximum Gasteiger partial charge on any atom is 0.340 e. The van der Waals surface area contributed by atoms with E-state index in [1.54, 1.807) is 27.9 Å². The standard InChI is InChI=1S/C16H23FN2O3S/c1-6-13(19(4,5)23)15(20)18-14-10(3)8-11(17)9-12(14)16(21)22-7-2/h8-9,13H,6-7H2,1-5H3,(H,18,20). The molecule has 0 saturated heterocycles. The zero-order valence-corrected chi connectivity index (χ0v) is 14.9. The van der Waals surface area contributed by atoms with Crippen molar-refractivity contribution >= 4 is 30.4 Å². The maximum absolute atomic E-state index is 13.6. The minimum absolute atomic E-state index is 0.00206. The van der Waals surface area contributed by atoms with Crippen molar-refractivity contribution in [1.29, 1.82) is 0 Å². The number of nitrogens with one attached hydrogen (secondary N) is 1. The average molecular weight is 342 g/mol. The highest BCUT2D eigenvalue weighted by atomic mass is 32.1. The summed E-state index contributed by atoms with van der Waals surface area (Å²) in [4.78, 5) is 24.5. The number of esters is 1. The van der Waals surface area contributed by atoms with Gasteiger partial charge in [0.1, 0.15) is 5.82 Å². The summed E-state index contributed by atoms with van der Waals surface area (Å²) in [7, 11) is 3.49. The summed E-state index contributed by atoms with van der Waals surface area (Å²) in [5.41, 5.74) is 0.713. The van der Waals surface area contributed by atoms with Crippen molar-refractivity contribution in [1.82, 2.24) is 0 Å². The molecule has 0 saturated carbocycles. The lowest BCUT2D eigenvalue weighted by atomic mass is 10.1. The molecule has 0 aliphatic heterocycles. The van der Waals surface area contributed by atoms with E-state index in [0.717, 1.165) is 6.07 Å². The topological polar surface area (TPSA) is 55.4 Å². The van der Waals surface area contributed by atoms with Gasteiger partial charge in [0, 0.05) is 6.42 Å². The van der Waals surface area contributed by atoms with Gasteiger partial charge in [0.2, 0.25) is 0 Å². The van der Waals surface area contributed by atoms with Crippen molar-refractivity contribution in [2.24, 2.45) is 0 Å². The summed E-state index contributed by atoms with van der Waals surface area (Å²) in [6.07, 6.45) is 0.539. The van der Waals surface area contributed by atoms with E-state index >= 15 is 0 Å². The van der Waals surface area contributed by atoms with Crippen LogP contribution in [0, 0.1) is 12.7 Å². The zero-order chi connectivity index (χ0) is 17.8. The van der Waals surface area contributed by atoms with E-state index < -0.39 is 17.8 Å². The second kappa shape index (κ2) is 7.79. The average Bonchev–Trinajstić information content (AvgIpc) is 2.40. The largest absolute Gasteiger partial charge is 0.494 e. The highest BCUT2D eigenvalue weighted by molar-refractivity contribution is 7.52. The van der Waals surface area contributed by atoms with Gasteiger partial charge in [-0.05, 0) is 31.5 Å². The van der Waals surface area contributed by atoms with E-state index in [4.69, 9.17) is 17.6 Å². The first-order valence-corrected chi connectivity index (χ1v) is 7.81. The first-order valence-electron chi connectivity index (χ1n) is 7.44. The van der Waals surface area contributed by atoms with Crippen molar-refractivity contribution in [2.75, 3.05) is 26.0 Å². The van der Waals surface area contributed by atoms with Crippen LogP contribution in [-0.4, -0.2) is 42.5 Å². The molecule has 23 heavy (non-hydrogen) atoms. The molecule has 0 radical (unpaired) electrons. The van der Waals surface area contributed by atoms with Crippen LogP contribution in [-0.2, 0) is 22.3 Å². The highest BCUT2D eigenvalue weighted by Gasteiger charge is 2.27. The summed E-state index contributed by atoms with van der Waals surface area (Å²) in [6, 6.07) is 1.85. The van der Waals surface area contributed by atoms with Gasteiger partial charge in [0.15, 0.2) is 6.04 Å². The fourth-order valence-electron chi connectivity index (χ4n) is 2.39. The second-order valence-corrected chi connectivity index (χ2v) is 6.65. The molecule has 7 heteroatoms. The Labute approximate surface area is 141 Å². The quantitative estimate of drug-likeness (QED) is 0.490. The molecule has 0 heterocycles. The Balaban J connectivity index is 3.22. The Morgan fingerprint density at radius 3 is 2.43 bits per heavy atom. The molecule has 1 aromatic carbocycles. The Hall–Kier alpha value is -1.60. The molecular formula is C16H23FN2O3S. The molecular weight excluding hydrogens is 319 g/mol. The smallest absolute Gasteiger partial charge is 0.340 e. The molecule has 0 aromatic heterocycles. The van der Waals surface area contributed by atoms with E-state index in [0.29, 0.717) is 12.0 Å². The van der Waals surface area contributed by atoms with Crippen LogP contribution in [0.4, 0.5) is 10.1 Å². The minimum Gasteiger partial charge on any atom is -0.494 e. The summed E-state index contributed by atoms with van der Waals surface area (Å²) in [6.45, 7) is 5.30. The fraction of sp³-hybridized carbons (Fsp3) is 0.500. The fourth-order valence-corrected chi connectivity index (χ4v) is 2.64. The molecule has 0 bridgehead atoms. The lowest BCUT2D eigenvalue weighted by Gasteiger charge is -2.42. The number of nitrogens with zero attached hydrogens (tertiary/aromatic N) is 1. The molecule has 0 fully saturated rings. The van der Waals surface area contributed by atoms with Crippen LogP contribution < -0.4 is 5.32 Å². The Kier molecular flexibility index (Phi) is 6.58. The predicted octanol–water partition coefficient (Wildman–Crippen LogP) is 2.57. The van der Waals surface area contributed by atoms with E-state index in [9.17, 15) is 14.0 Å². The number of carbonyl (C=O) groups is 2. The summed E-state index contributed by atoms with van der Waals surface area (Å²) < 4.78 is 18.6. The number of hydrogen-bond acceptors (Lipinski definition) is 4. The Morgan fingerprint density at radius 2 is 1.96 bits per heavy atom. The number of halogens is 1. The molecule has 0 spiro atoms. The zero-order valence-electron chi connectivity index (χ0n) is 14.1. The van der Waals surface area contributed by atoms with Gasteiger partial charge in [-0.1, -0.05) is 6.92 Å². The van der Waals surface area contributed by atoms with Gasteiger partial charge in [-0.15, -0.1) is 0 Å². The van der Waals surface area contributed by atoms with E-state index in [1.165, 1.54) is 6.07 Å². The SMILES string of the molecule is CCOC(=O)c1cc(F)cc(C)c1NC(=O)C(CC)[N+](C)(C)[S-]. The molecule has 1 atom stereocenters. The Bertz CT molecular complexity index is 600. The van der Waals surface area contributed by atoms with Crippen molar-refractivity contribution in [2.45, 2.75) is 33.2 Å². The molecule has 1 amide bonds. The van der Waals surface area contributed by atoms with Crippen molar-refractivity contribution in [3.8, 4) is 0 Å². The van der Waals surface area contributed by atoms with Gasteiger partial charge in [-0.2, -0.15) is 0 Å². The first-order chi connectivity index (χ1) is 10.6. The second-order valence-electron chi connectivity index (χ2n) is 5.71. The lowest BCUT2D eigenvalue weighted by molar-refractivity contribution is -0.768. The van der Waals surface area contributed by atoms with Gasteiger partial charge < -0.3 is 26.8 Å². The number of quaternary nitrogens is 1. The van der Waals surface area contributed by atoms with E-state index in [-0.39, 0.29) is 27.7 Å². The Morgan fingerprint density at radius 1 is 1.35 bits per heavy atom. The summed E-state index contributed by atoms with van der Waals surface area (Å²) in [5, 5.41) is 2.71. The van der Waals surface area contributed by atoms with Gasteiger partial charge in [-0.3, -0.25) is 4.79 Å². The molecule has 1 rings (SSSR count). The predicted molar refractivity (Wildman–Crippen MR) is 89.3 cm³/mol. The lowest BCUT2D eigenvalue weighted by Crippen LogP contribution is -2.50. The minimum atomic E-state index is -0.675. The summed E-state index contributed by atoms with van der Waals surface area (Å²) in [5.74, 6) is -1.55. The number of carbonyl (C=O) groups excluding carboxylic acids is 2. The number of benzene rings is 1. The number of ether oxygens (including phenoxy) is 1. The van der Waals surface area contributed by atoms with Crippen LogP contribution in [0.5, 0.6) is 0 Å². The third-order valence-electron chi connectivity index (χ3n) is 3.48. The van der Waals surface area contributed by atoms with Crippen LogP contribution in [0.15, 0.2) is 12.1 Å². The normalized spacial score (nSPS) is 12.7. The number of anilines is 1. The molecule has 1 aromatic rings. The molecule has 1 N–H and O–H groups in total. The van der Waals surface area contributed by atoms with Crippen molar-refractivity contribution < 1.29 is 22.6 Å². The highest BCUT2D eigenvalue weighted by Crippen LogP contribution is 2.24. The van der Waals surface area contributed by atoms with E-state index in [1.807, 2.05) is 6.92 Å². The molecule has 1 unspecified atom stereocenters. The van der Waals surface area contributed by atoms with Gasteiger partial charge in [0.05, 0.1) is 32.0 Å². The molecule has 5 nitrogen and oxygen atoms in total. The number of amides is 1. The third-order valence-corrected chi connectivity index (χ3v) is 3.74. The van der Waals surface area contributed by atoms with Crippen LogP contribution in [0.2, 0.25) is 0 Å². The summed E-state index contributed by atoms with van der Waals surface area (Å²) >= 11 is 5.30. The number of hydrogen-bond donors (Lipinski definition) is 1. The third kappa shape index (κ3) is 4.94. The van der Waals surface area contributed by atoms with Crippen molar-refractivity contribution in [3.63, 3.8) is 0 Å². The number of rotatable bonds is 6. The molecule has 0 aliphatic carbocycles. The van der Waals surface area contributed by atoms with Crippen LogP contribution in [0.25, 0.3) is 0 Å². The van der Waals surface area contributed by atoms with E-state index in [2.05, 4.69) is 5.32 Å². The van der Waals surface area contributed by atoms with Gasteiger partial charge in [-0.25, -0.2) is 9.18 Å². The number of aryl methyl sites for hydroxylation is 1.